The monoisotopic (exact) mass is 246 g/mol. The van der Waals surface area contributed by atoms with Gasteiger partial charge in [0.2, 0.25) is 0 Å². The van der Waals surface area contributed by atoms with Crippen LogP contribution in [0.25, 0.3) is 0 Å². The summed E-state index contributed by atoms with van der Waals surface area (Å²) in [6.07, 6.45) is 7.82. The zero-order valence-corrected chi connectivity index (χ0v) is 11.6. The number of unbranched alkanes of at least 4 members (excludes halogenated alkanes) is 3. The molecule has 17 heavy (non-hydrogen) atoms. The maximum absolute atomic E-state index is 8.52. The summed E-state index contributed by atoms with van der Waals surface area (Å²) in [4.78, 5) is 0. The Hall–Kier alpha value is -0.120. The Balaban J connectivity index is 3.28. The van der Waals surface area contributed by atoms with Crippen molar-refractivity contribution in [1.29, 1.82) is 0 Å². The van der Waals surface area contributed by atoms with Gasteiger partial charge in [-0.3, -0.25) is 0 Å². The van der Waals surface area contributed by atoms with Crippen molar-refractivity contribution in [2.75, 3.05) is 33.0 Å². The number of aliphatic hydroxyl groups excluding tert-OH is 1. The van der Waals surface area contributed by atoms with E-state index in [1.807, 2.05) is 0 Å². The topological polar surface area (TPSA) is 38.7 Å². The molecule has 0 aromatic carbocycles. The van der Waals surface area contributed by atoms with Crippen molar-refractivity contribution in [3.05, 3.63) is 0 Å². The second kappa shape index (κ2) is 13.9. The van der Waals surface area contributed by atoms with E-state index in [-0.39, 0.29) is 6.61 Å². The number of hydrogen-bond donors (Lipinski definition) is 1. The molecule has 0 spiro atoms. The Morgan fingerprint density at radius 1 is 0.941 bits per heavy atom. The van der Waals surface area contributed by atoms with E-state index in [0.29, 0.717) is 25.7 Å². The molecule has 0 bridgehead atoms. The molecule has 0 radical (unpaired) electrons. The molecule has 0 aliphatic heterocycles. The largest absolute Gasteiger partial charge is 0.394 e. The maximum atomic E-state index is 8.52. The van der Waals surface area contributed by atoms with Gasteiger partial charge in [-0.1, -0.05) is 46.0 Å². The molecule has 0 rings (SSSR count). The standard InChI is InChI=1S/C14H30O3/c1-3-5-6-7-8-14(4-2)13-17-12-11-16-10-9-15/h14-15H,3-13H2,1-2H3. The van der Waals surface area contributed by atoms with Gasteiger partial charge in [-0.25, -0.2) is 0 Å². The normalized spacial score (nSPS) is 12.9. The van der Waals surface area contributed by atoms with Crippen LogP contribution in [-0.4, -0.2) is 38.1 Å². The second-order valence-corrected chi connectivity index (χ2v) is 4.53. The zero-order valence-electron chi connectivity index (χ0n) is 11.6. The van der Waals surface area contributed by atoms with E-state index in [1.54, 1.807) is 0 Å². The molecule has 0 heterocycles. The summed E-state index contributed by atoms with van der Waals surface area (Å²) >= 11 is 0. The first-order valence-corrected chi connectivity index (χ1v) is 7.11. The molecule has 0 amide bonds. The van der Waals surface area contributed by atoms with Gasteiger partial charge in [0.15, 0.2) is 0 Å². The van der Waals surface area contributed by atoms with Gasteiger partial charge < -0.3 is 14.6 Å². The van der Waals surface area contributed by atoms with Gasteiger partial charge in [0.1, 0.15) is 0 Å². The molecule has 1 unspecified atom stereocenters. The first kappa shape index (κ1) is 16.9. The van der Waals surface area contributed by atoms with Gasteiger partial charge in [-0.05, 0) is 12.3 Å². The quantitative estimate of drug-likeness (QED) is 0.508. The first-order chi connectivity index (χ1) is 8.35. The molecule has 1 atom stereocenters. The Labute approximate surface area is 107 Å². The lowest BCUT2D eigenvalue weighted by Gasteiger charge is -2.15. The van der Waals surface area contributed by atoms with Crippen molar-refractivity contribution in [3.63, 3.8) is 0 Å². The van der Waals surface area contributed by atoms with Gasteiger partial charge in [-0.15, -0.1) is 0 Å². The fourth-order valence-corrected chi connectivity index (χ4v) is 1.80. The average molecular weight is 246 g/mol. The molecule has 0 aliphatic carbocycles. The average Bonchev–Trinajstić information content (AvgIpc) is 2.36. The Kier molecular flexibility index (Phi) is 13.8. The summed E-state index contributed by atoms with van der Waals surface area (Å²) in [5.74, 6) is 0.699. The van der Waals surface area contributed by atoms with Crippen LogP contribution in [-0.2, 0) is 9.47 Å². The van der Waals surface area contributed by atoms with E-state index < -0.39 is 0 Å². The lowest BCUT2D eigenvalue weighted by molar-refractivity contribution is 0.0203. The van der Waals surface area contributed by atoms with Crippen LogP contribution in [0, 0.1) is 5.92 Å². The van der Waals surface area contributed by atoms with Crippen molar-refractivity contribution < 1.29 is 14.6 Å². The minimum Gasteiger partial charge on any atom is -0.394 e. The van der Waals surface area contributed by atoms with Crippen molar-refractivity contribution in [3.8, 4) is 0 Å². The van der Waals surface area contributed by atoms with E-state index in [2.05, 4.69) is 13.8 Å². The predicted molar refractivity (Wildman–Crippen MR) is 71.3 cm³/mol. The number of hydrogen-bond acceptors (Lipinski definition) is 3. The van der Waals surface area contributed by atoms with Gasteiger partial charge in [0.05, 0.1) is 26.4 Å². The van der Waals surface area contributed by atoms with Crippen LogP contribution >= 0.6 is 0 Å². The van der Waals surface area contributed by atoms with Crippen LogP contribution in [0.5, 0.6) is 0 Å². The van der Waals surface area contributed by atoms with E-state index >= 15 is 0 Å². The highest BCUT2D eigenvalue weighted by molar-refractivity contribution is 4.56. The summed E-state index contributed by atoms with van der Waals surface area (Å²) < 4.78 is 10.7. The fourth-order valence-electron chi connectivity index (χ4n) is 1.80. The highest BCUT2D eigenvalue weighted by Gasteiger charge is 2.05. The highest BCUT2D eigenvalue weighted by Crippen LogP contribution is 2.14. The highest BCUT2D eigenvalue weighted by atomic mass is 16.5. The van der Waals surface area contributed by atoms with Crippen LogP contribution in [0.1, 0.15) is 52.4 Å². The molecule has 0 saturated heterocycles. The van der Waals surface area contributed by atoms with Gasteiger partial charge in [0.25, 0.3) is 0 Å². The van der Waals surface area contributed by atoms with Crippen LogP contribution in [0.15, 0.2) is 0 Å². The third-order valence-electron chi connectivity index (χ3n) is 3.00. The Morgan fingerprint density at radius 2 is 1.71 bits per heavy atom. The lowest BCUT2D eigenvalue weighted by Crippen LogP contribution is -2.13. The molecule has 0 saturated carbocycles. The summed E-state index contributed by atoms with van der Waals surface area (Å²) in [5.41, 5.74) is 0. The van der Waals surface area contributed by atoms with Gasteiger partial charge >= 0.3 is 0 Å². The summed E-state index contributed by atoms with van der Waals surface area (Å²) in [6, 6.07) is 0. The summed E-state index contributed by atoms with van der Waals surface area (Å²) in [7, 11) is 0. The third-order valence-corrected chi connectivity index (χ3v) is 3.00. The second-order valence-electron chi connectivity index (χ2n) is 4.53. The van der Waals surface area contributed by atoms with Crippen molar-refractivity contribution in [2.45, 2.75) is 52.4 Å². The molecule has 0 aromatic heterocycles. The molecular formula is C14H30O3. The third kappa shape index (κ3) is 12.1. The molecule has 0 aliphatic rings. The lowest BCUT2D eigenvalue weighted by atomic mass is 9.99. The molecular weight excluding hydrogens is 216 g/mol. The van der Waals surface area contributed by atoms with Crippen LogP contribution in [0.4, 0.5) is 0 Å². The molecule has 104 valence electrons. The van der Waals surface area contributed by atoms with Crippen molar-refractivity contribution in [2.24, 2.45) is 5.92 Å². The zero-order chi connectivity index (χ0) is 12.8. The Bertz CT molecular complexity index is 139. The minimum absolute atomic E-state index is 0.0923. The van der Waals surface area contributed by atoms with Crippen LogP contribution in [0.3, 0.4) is 0 Å². The van der Waals surface area contributed by atoms with Crippen LogP contribution in [0.2, 0.25) is 0 Å². The number of ether oxygens (including phenoxy) is 2. The molecule has 0 fully saturated rings. The van der Waals surface area contributed by atoms with Crippen molar-refractivity contribution in [1.82, 2.24) is 0 Å². The minimum atomic E-state index is 0.0923. The summed E-state index contributed by atoms with van der Waals surface area (Å²) in [5, 5.41) is 8.52. The van der Waals surface area contributed by atoms with Gasteiger partial charge in [-0.2, -0.15) is 0 Å². The predicted octanol–water partition coefficient (Wildman–Crippen LogP) is 3.01. The molecule has 1 N–H and O–H groups in total. The first-order valence-electron chi connectivity index (χ1n) is 7.11. The smallest absolute Gasteiger partial charge is 0.0701 e. The van der Waals surface area contributed by atoms with E-state index in [0.717, 1.165) is 6.61 Å². The fraction of sp³-hybridized carbons (Fsp3) is 1.00. The summed E-state index contributed by atoms with van der Waals surface area (Å²) in [6.45, 7) is 7.07. The van der Waals surface area contributed by atoms with Crippen molar-refractivity contribution >= 4 is 0 Å². The molecule has 0 aromatic rings. The van der Waals surface area contributed by atoms with Crippen LogP contribution < -0.4 is 0 Å². The van der Waals surface area contributed by atoms with E-state index in [1.165, 1.54) is 38.5 Å². The maximum Gasteiger partial charge on any atom is 0.0701 e. The molecule has 3 heteroatoms. The Morgan fingerprint density at radius 3 is 2.35 bits per heavy atom. The van der Waals surface area contributed by atoms with Gasteiger partial charge in [0, 0.05) is 6.61 Å². The SMILES string of the molecule is CCCCCCC(CC)COCCOCCO. The number of rotatable bonds is 13. The van der Waals surface area contributed by atoms with E-state index in [9.17, 15) is 0 Å². The number of aliphatic hydroxyl groups is 1. The molecule has 3 nitrogen and oxygen atoms in total. The van der Waals surface area contributed by atoms with E-state index in [4.69, 9.17) is 14.6 Å².